The number of rotatable bonds is 3. The molecule has 0 atom stereocenters. The minimum Gasteiger partial charge on any atom is -0.375 e. The van der Waals surface area contributed by atoms with E-state index in [1.54, 1.807) is 12.1 Å². The van der Waals surface area contributed by atoms with Gasteiger partial charge in [0, 0.05) is 16.7 Å². The van der Waals surface area contributed by atoms with Crippen molar-refractivity contribution in [2.45, 2.75) is 19.9 Å². The Morgan fingerprint density at radius 2 is 2.04 bits per heavy atom. The molecule has 0 bridgehead atoms. The first-order valence-electron chi connectivity index (χ1n) is 7.08. The van der Waals surface area contributed by atoms with E-state index in [2.05, 4.69) is 10.1 Å². The van der Waals surface area contributed by atoms with E-state index in [1.165, 1.54) is 22.1 Å². The lowest BCUT2D eigenvalue weighted by Crippen LogP contribution is -2.23. The minimum absolute atomic E-state index is 0.0256. The summed E-state index contributed by atoms with van der Waals surface area (Å²) in [7, 11) is 0. The Labute approximate surface area is 142 Å². The van der Waals surface area contributed by atoms with Crippen LogP contribution in [-0.2, 0) is 0 Å². The van der Waals surface area contributed by atoms with Gasteiger partial charge in [0.1, 0.15) is 5.69 Å². The maximum absolute atomic E-state index is 11.9. The van der Waals surface area contributed by atoms with Crippen molar-refractivity contribution in [3.63, 3.8) is 0 Å². The standard InChI is InChI=1S/C16H15ClN4OS/c1-9(2)21-13(22)7-6-12(20-21)15-14(19-16(18)23-15)10-4-3-5-11(17)8-10/h3-9H,1-2H3,(H2,18,19). The van der Waals surface area contributed by atoms with Crippen LogP contribution in [0.1, 0.15) is 19.9 Å². The van der Waals surface area contributed by atoms with Crippen molar-refractivity contribution in [3.8, 4) is 21.8 Å². The van der Waals surface area contributed by atoms with Crippen molar-refractivity contribution < 1.29 is 0 Å². The summed E-state index contributed by atoms with van der Waals surface area (Å²) in [6.07, 6.45) is 0. The van der Waals surface area contributed by atoms with E-state index in [0.717, 1.165) is 16.1 Å². The molecule has 0 fully saturated rings. The molecule has 23 heavy (non-hydrogen) atoms. The van der Waals surface area contributed by atoms with E-state index < -0.39 is 0 Å². The topological polar surface area (TPSA) is 73.8 Å². The van der Waals surface area contributed by atoms with Gasteiger partial charge in [0.25, 0.3) is 5.56 Å². The summed E-state index contributed by atoms with van der Waals surface area (Å²) < 4.78 is 1.45. The number of nitrogen functional groups attached to an aromatic ring is 1. The molecular weight excluding hydrogens is 332 g/mol. The summed E-state index contributed by atoms with van der Waals surface area (Å²) in [4.78, 5) is 17.1. The molecule has 0 spiro atoms. The first kappa shape index (κ1) is 15.7. The lowest BCUT2D eigenvalue weighted by molar-refractivity contribution is 0.505. The van der Waals surface area contributed by atoms with Crippen molar-refractivity contribution in [3.05, 3.63) is 51.8 Å². The first-order valence-corrected chi connectivity index (χ1v) is 8.27. The molecule has 0 saturated carbocycles. The number of anilines is 1. The molecule has 2 aromatic heterocycles. The van der Waals surface area contributed by atoms with Crippen LogP contribution in [-0.4, -0.2) is 14.8 Å². The lowest BCUT2D eigenvalue weighted by Gasteiger charge is -2.10. The third kappa shape index (κ3) is 3.13. The molecule has 0 saturated heterocycles. The Kier molecular flexibility index (Phi) is 4.19. The zero-order chi connectivity index (χ0) is 16.6. The largest absolute Gasteiger partial charge is 0.375 e. The zero-order valence-corrected chi connectivity index (χ0v) is 14.2. The molecule has 1 aromatic carbocycles. The van der Waals surface area contributed by atoms with Gasteiger partial charge < -0.3 is 5.73 Å². The van der Waals surface area contributed by atoms with Crippen LogP contribution in [0.25, 0.3) is 21.8 Å². The molecule has 0 aliphatic carbocycles. The number of aromatic nitrogens is 3. The minimum atomic E-state index is -0.134. The molecule has 2 heterocycles. The molecule has 118 valence electrons. The molecule has 0 unspecified atom stereocenters. The smallest absolute Gasteiger partial charge is 0.267 e. The van der Waals surface area contributed by atoms with Gasteiger partial charge in [-0.15, -0.1) is 0 Å². The summed E-state index contributed by atoms with van der Waals surface area (Å²) in [5.41, 5.74) is 8.02. The van der Waals surface area contributed by atoms with Gasteiger partial charge in [0.2, 0.25) is 0 Å². The van der Waals surface area contributed by atoms with Crippen molar-refractivity contribution in [2.24, 2.45) is 0 Å². The van der Waals surface area contributed by atoms with Crippen LogP contribution in [0.15, 0.2) is 41.2 Å². The van der Waals surface area contributed by atoms with E-state index in [-0.39, 0.29) is 11.6 Å². The quantitative estimate of drug-likeness (QED) is 0.781. The zero-order valence-electron chi connectivity index (χ0n) is 12.7. The van der Waals surface area contributed by atoms with Crippen molar-refractivity contribution in [2.75, 3.05) is 5.73 Å². The van der Waals surface area contributed by atoms with Gasteiger partial charge in [-0.25, -0.2) is 9.67 Å². The Hall–Kier alpha value is -2.18. The summed E-state index contributed by atoms with van der Waals surface area (Å²) in [5.74, 6) is 0. The van der Waals surface area contributed by atoms with Gasteiger partial charge in [-0.3, -0.25) is 4.79 Å². The monoisotopic (exact) mass is 346 g/mol. The number of thiazole rings is 1. The molecular formula is C16H15ClN4OS. The molecule has 0 radical (unpaired) electrons. The third-order valence-corrected chi connectivity index (χ3v) is 4.43. The maximum atomic E-state index is 11.9. The second-order valence-corrected chi connectivity index (χ2v) is 6.80. The van der Waals surface area contributed by atoms with Gasteiger partial charge >= 0.3 is 0 Å². The summed E-state index contributed by atoms with van der Waals surface area (Å²) in [5, 5.41) is 5.52. The van der Waals surface area contributed by atoms with Gasteiger partial charge in [0.05, 0.1) is 16.6 Å². The summed E-state index contributed by atoms with van der Waals surface area (Å²) in [6.45, 7) is 3.83. The van der Waals surface area contributed by atoms with Crippen molar-refractivity contribution in [1.29, 1.82) is 0 Å². The number of nitrogens with two attached hydrogens (primary N) is 1. The number of hydrogen-bond acceptors (Lipinski definition) is 5. The molecule has 3 aromatic rings. The second kappa shape index (κ2) is 6.14. The Bertz CT molecular complexity index is 916. The Morgan fingerprint density at radius 1 is 1.26 bits per heavy atom. The predicted molar refractivity (Wildman–Crippen MR) is 94.8 cm³/mol. The fraction of sp³-hybridized carbons (Fsp3) is 0.188. The van der Waals surface area contributed by atoms with Crippen LogP contribution in [0.2, 0.25) is 5.02 Å². The van der Waals surface area contributed by atoms with Gasteiger partial charge in [-0.05, 0) is 32.0 Å². The SMILES string of the molecule is CC(C)n1nc(-c2sc(N)nc2-c2cccc(Cl)c2)ccc1=O. The molecule has 0 aliphatic heterocycles. The highest BCUT2D eigenvalue weighted by Gasteiger charge is 2.16. The lowest BCUT2D eigenvalue weighted by atomic mass is 10.1. The highest BCUT2D eigenvalue weighted by Crippen LogP contribution is 2.37. The summed E-state index contributed by atoms with van der Waals surface area (Å²) >= 11 is 7.41. The average molecular weight is 347 g/mol. The van der Waals surface area contributed by atoms with Crippen LogP contribution < -0.4 is 11.3 Å². The van der Waals surface area contributed by atoms with E-state index >= 15 is 0 Å². The highest BCUT2D eigenvalue weighted by atomic mass is 35.5. The van der Waals surface area contributed by atoms with Crippen LogP contribution >= 0.6 is 22.9 Å². The van der Waals surface area contributed by atoms with E-state index in [4.69, 9.17) is 17.3 Å². The fourth-order valence-electron chi connectivity index (χ4n) is 2.26. The third-order valence-electron chi connectivity index (χ3n) is 3.29. The van der Waals surface area contributed by atoms with Crippen LogP contribution in [0.4, 0.5) is 5.13 Å². The van der Waals surface area contributed by atoms with Gasteiger partial charge in [-0.2, -0.15) is 5.10 Å². The Balaban J connectivity index is 2.18. The van der Waals surface area contributed by atoms with Gasteiger partial charge in [-0.1, -0.05) is 35.1 Å². The van der Waals surface area contributed by atoms with E-state index in [9.17, 15) is 4.79 Å². The number of nitrogens with zero attached hydrogens (tertiary/aromatic N) is 3. The summed E-state index contributed by atoms with van der Waals surface area (Å²) in [6, 6.07) is 10.6. The molecule has 2 N–H and O–H groups in total. The van der Waals surface area contributed by atoms with Crippen LogP contribution in [0, 0.1) is 0 Å². The number of hydrogen-bond donors (Lipinski definition) is 1. The number of halogens is 1. The molecule has 3 rings (SSSR count). The van der Waals surface area contributed by atoms with Gasteiger partial charge in [0.15, 0.2) is 5.13 Å². The van der Waals surface area contributed by atoms with E-state index in [1.807, 2.05) is 32.0 Å². The molecule has 5 nitrogen and oxygen atoms in total. The van der Waals surface area contributed by atoms with Crippen LogP contribution in [0.3, 0.4) is 0 Å². The Morgan fingerprint density at radius 3 is 2.74 bits per heavy atom. The highest BCUT2D eigenvalue weighted by molar-refractivity contribution is 7.19. The maximum Gasteiger partial charge on any atom is 0.267 e. The molecule has 7 heteroatoms. The molecule has 0 aliphatic rings. The second-order valence-electron chi connectivity index (χ2n) is 5.34. The predicted octanol–water partition coefficient (Wildman–Crippen LogP) is 3.85. The average Bonchev–Trinajstić information content (AvgIpc) is 2.89. The fourth-order valence-corrected chi connectivity index (χ4v) is 3.27. The normalized spacial score (nSPS) is 11.1. The first-order chi connectivity index (χ1) is 11.0. The number of benzene rings is 1. The van der Waals surface area contributed by atoms with E-state index in [0.29, 0.717) is 15.8 Å². The van der Waals surface area contributed by atoms with Crippen molar-refractivity contribution in [1.82, 2.24) is 14.8 Å². The van der Waals surface area contributed by atoms with Crippen molar-refractivity contribution >= 4 is 28.1 Å². The van der Waals surface area contributed by atoms with Crippen LogP contribution in [0.5, 0.6) is 0 Å². The molecule has 0 amide bonds.